The van der Waals surface area contributed by atoms with E-state index >= 15 is 0 Å². The molecule has 5 atom stereocenters. The average molecular weight is 363 g/mol. The van der Waals surface area contributed by atoms with Gasteiger partial charge in [-0.15, -0.1) is 0 Å². The highest BCUT2D eigenvalue weighted by Crippen LogP contribution is 2.46. The van der Waals surface area contributed by atoms with Crippen molar-refractivity contribution >= 4 is 5.97 Å². The minimum atomic E-state index is -0.217. The molecule has 2 heterocycles. The highest BCUT2D eigenvalue weighted by Gasteiger charge is 2.52. The number of allylic oxidation sites excluding steroid dienone is 2. The Bertz CT molecular complexity index is 607. The van der Waals surface area contributed by atoms with Crippen molar-refractivity contribution in [3.63, 3.8) is 0 Å². The van der Waals surface area contributed by atoms with Gasteiger partial charge in [-0.2, -0.15) is 0 Å². The van der Waals surface area contributed by atoms with E-state index in [0.29, 0.717) is 12.7 Å². The Morgan fingerprint density at radius 1 is 1.27 bits per heavy atom. The van der Waals surface area contributed by atoms with Crippen molar-refractivity contribution < 1.29 is 19.0 Å². The molecule has 2 aliphatic heterocycles. The molecule has 0 N–H and O–H groups in total. The summed E-state index contributed by atoms with van der Waals surface area (Å²) < 4.78 is 17.3. The van der Waals surface area contributed by atoms with Crippen LogP contribution in [0.5, 0.6) is 0 Å². The van der Waals surface area contributed by atoms with Crippen LogP contribution < -0.4 is 0 Å². The molecule has 2 unspecified atom stereocenters. The maximum Gasteiger partial charge on any atom is 0.302 e. The third kappa shape index (κ3) is 4.77. The normalized spacial score (nSPS) is 42.7. The van der Waals surface area contributed by atoms with E-state index < -0.39 is 0 Å². The Morgan fingerprint density at radius 3 is 2.77 bits per heavy atom. The zero-order valence-corrected chi connectivity index (χ0v) is 17.0. The van der Waals surface area contributed by atoms with Gasteiger partial charge in [0.1, 0.15) is 6.10 Å². The first-order valence-corrected chi connectivity index (χ1v) is 10.1. The molecule has 0 aromatic heterocycles. The van der Waals surface area contributed by atoms with E-state index in [-0.39, 0.29) is 29.2 Å². The van der Waals surface area contributed by atoms with E-state index in [9.17, 15) is 4.79 Å². The molecule has 3 rings (SSSR count). The molecule has 26 heavy (non-hydrogen) atoms. The second-order valence-electron chi connectivity index (χ2n) is 8.84. The standard InChI is InChI=1S/C22H34O4/c1-15-7-6-11-21(4)20(26-21)13-18(16(2)14-24-17(3)23)10-12-22(5)19(25-22)9-8-15/h7,13,16,19-20H,6,8-12,14H2,1-5H3/b15-7+,18-13+/t16?,19-,20-,21?,22+/m0/s1. The number of ether oxygens (including phenoxy) is 3. The molecule has 0 aromatic rings. The molecule has 2 saturated heterocycles. The van der Waals surface area contributed by atoms with Crippen LogP contribution in [0.2, 0.25) is 0 Å². The number of hydrogen-bond donors (Lipinski definition) is 0. The van der Waals surface area contributed by atoms with Crippen molar-refractivity contribution in [1.82, 2.24) is 0 Å². The summed E-state index contributed by atoms with van der Waals surface area (Å²) in [7, 11) is 0. The summed E-state index contributed by atoms with van der Waals surface area (Å²) in [4.78, 5) is 11.2. The first kappa shape index (κ1) is 19.6. The van der Waals surface area contributed by atoms with Gasteiger partial charge in [-0.05, 0) is 59.3 Å². The van der Waals surface area contributed by atoms with E-state index in [0.717, 1.165) is 38.5 Å². The molecule has 146 valence electrons. The summed E-state index contributed by atoms with van der Waals surface area (Å²) in [6.07, 6.45) is 11.5. The topological polar surface area (TPSA) is 51.4 Å². The van der Waals surface area contributed by atoms with E-state index in [1.165, 1.54) is 18.1 Å². The molecule has 0 bridgehead atoms. The monoisotopic (exact) mass is 362 g/mol. The van der Waals surface area contributed by atoms with Crippen LogP contribution in [-0.2, 0) is 19.0 Å². The molecule has 0 radical (unpaired) electrons. The van der Waals surface area contributed by atoms with Gasteiger partial charge in [0.25, 0.3) is 0 Å². The zero-order chi connectivity index (χ0) is 18.9. The molecular weight excluding hydrogens is 328 g/mol. The third-order valence-electron chi connectivity index (χ3n) is 6.36. The van der Waals surface area contributed by atoms with Gasteiger partial charge in [-0.1, -0.05) is 30.2 Å². The summed E-state index contributed by atoms with van der Waals surface area (Å²) in [5.41, 5.74) is 2.75. The fraction of sp³-hybridized carbons (Fsp3) is 0.773. The SMILES string of the molecule is CC(=O)OCC(C)/C1=C/[C@@H]2OC2(C)CC/C=C(\C)CC[C@@H]2O[C@]2(C)CC1. The van der Waals surface area contributed by atoms with Crippen LogP contribution in [0.3, 0.4) is 0 Å². The van der Waals surface area contributed by atoms with Gasteiger partial charge in [0, 0.05) is 12.8 Å². The van der Waals surface area contributed by atoms with Gasteiger partial charge in [-0.3, -0.25) is 4.79 Å². The Hall–Kier alpha value is -1.13. The third-order valence-corrected chi connectivity index (χ3v) is 6.36. The van der Waals surface area contributed by atoms with Crippen LogP contribution in [-0.4, -0.2) is 36.0 Å². The lowest BCUT2D eigenvalue weighted by Crippen LogP contribution is -2.17. The molecule has 0 aromatic carbocycles. The van der Waals surface area contributed by atoms with Gasteiger partial charge in [-0.25, -0.2) is 0 Å². The molecule has 1 aliphatic carbocycles. The van der Waals surface area contributed by atoms with E-state index in [4.69, 9.17) is 14.2 Å². The van der Waals surface area contributed by atoms with Crippen LogP contribution in [0.1, 0.15) is 73.1 Å². The summed E-state index contributed by atoms with van der Waals surface area (Å²) in [6, 6.07) is 0. The van der Waals surface area contributed by atoms with Gasteiger partial charge < -0.3 is 14.2 Å². The summed E-state index contributed by atoms with van der Waals surface area (Å²) in [5, 5.41) is 0. The Balaban J connectivity index is 1.72. The maximum atomic E-state index is 11.2. The smallest absolute Gasteiger partial charge is 0.302 e. The lowest BCUT2D eigenvalue weighted by molar-refractivity contribution is -0.141. The Kier molecular flexibility index (Phi) is 5.64. The molecule has 0 spiro atoms. The van der Waals surface area contributed by atoms with Crippen molar-refractivity contribution in [3.05, 3.63) is 23.3 Å². The van der Waals surface area contributed by atoms with Crippen LogP contribution in [0.25, 0.3) is 0 Å². The number of esters is 1. The predicted molar refractivity (Wildman–Crippen MR) is 102 cm³/mol. The molecule has 3 aliphatic rings. The lowest BCUT2D eigenvalue weighted by atomic mass is 9.88. The zero-order valence-electron chi connectivity index (χ0n) is 17.0. The average Bonchev–Trinajstić information content (AvgIpc) is 3.42. The predicted octanol–water partition coefficient (Wildman–Crippen LogP) is 4.73. The van der Waals surface area contributed by atoms with Gasteiger partial charge in [0.2, 0.25) is 0 Å². The Morgan fingerprint density at radius 2 is 2.04 bits per heavy atom. The van der Waals surface area contributed by atoms with Gasteiger partial charge in [0.15, 0.2) is 0 Å². The van der Waals surface area contributed by atoms with Crippen molar-refractivity contribution in [1.29, 1.82) is 0 Å². The summed E-state index contributed by atoms with van der Waals surface area (Å²) >= 11 is 0. The minimum Gasteiger partial charge on any atom is -0.465 e. The van der Waals surface area contributed by atoms with E-state index in [1.54, 1.807) is 0 Å². The fourth-order valence-corrected chi connectivity index (χ4v) is 4.04. The van der Waals surface area contributed by atoms with E-state index in [2.05, 4.69) is 39.8 Å². The van der Waals surface area contributed by atoms with Crippen molar-refractivity contribution in [2.24, 2.45) is 5.92 Å². The first-order valence-electron chi connectivity index (χ1n) is 10.1. The number of rotatable bonds is 3. The number of epoxide rings is 2. The maximum absolute atomic E-state index is 11.2. The number of fused-ring (bicyclic) bond motifs is 2. The molecular formula is C22H34O4. The first-order chi connectivity index (χ1) is 12.2. The van der Waals surface area contributed by atoms with Crippen molar-refractivity contribution in [3.8, 4) is 0 Å². The van der Waals surface area contributed by atoms with Gasteiger partial charge >= 0.3 is 5.97 Å². The number of hydrogen-bond acceptors (Lipinski definition) is 4. The molecule has 4 heteroatoms. The molecule has 2 fully saturated rings. The van der Waals surface area contributed by atoms with Crippen LogP contribution in [0, 0.1) is 5.92 Å². The summed E-state index contributed by atoms with van der Waals surface area (Å²) in [5.74, 6) is -0.00578. The van der Waals surface area contributed by atoms with Crippen molar-refractivity contribution in [2.75, 3.05) is 6.61 Å². The number of carbonyl (C=O) groups excluding carboxylic acids is 1. The second-order valence-corrected chi connectivity index (χ2v) is 8.84. The Labute approximate surface area is 158 Å². The lowest BCUT2D eigenvalue weighted by Gasteiger charge is -2.18. The molecule has 0 amide bonds. The quantitative estimate of drug-likeness (QED) is 0.414. The second kappa shape index (κ2) is 7.47. The van der Waals surface area contributed by atoms with Crippen LogP contribution in [0.15, 0.2) is 23.3 Å². The van der Waals surface area contributed by atoms with Crippen LogP contribution >= 0.6 is 0 Å². The largest absolute Gasteiger partial charge is 0.465 e. The molecule has 0 saturated carbocycles. The van der Waals surface area contributed by atoms with E-state index in [1.807, 2.05) is 0 Å². The highest BCUT2D eigenvalue weighted by molar-refractivity contribution is 5.65. The summed E-state index contributed by atoms with van der Waals surface area (Å²) in [6.45, 7) is 10.7. The molecule has 4 nitrogen and oxygen atoms in total. The minimum absolute atomic E-state index is 0.00164. The van der Waals surface area contributed by atoms with Crippen LogP contribution in [0.4, 0.5) is 0 Å². The van der Waals surface area contributed by atoms with Crippen molar-refractivity contribution in [2.45, 2.75) is 96.6 Å². The fourth-order valence-electron chi connectivity index (χ4n) is 4.04. The van der Waals surface area contributed by atoms with Gasteiger partial charge in [0.05, 0.1) is 23.9 Å². The highest BCUT2D eigenvalue weighted by atomic mass is 16.6. The number of carbonyl (C=O) groups is 1.